The molecule has 0 saturated heterocycles. The Morgan fingerprint density at radius 3 is 2.33 bits per heavy atom. The van der Waals surface area contributed by atoms with Crippen molar-refractivity contribution >= 4 is 17.5 Å². The van der Waals surface area contributed by atoms with Crippen LogP contribution in [0.5, 0.6) is 5.75 Å². The molecule has 3 atom stereocenters. The zero-order valence-electron chi connectivity index (χ0n) is 16.4. The second-order valence-corrected chi connectivity index (χ2v) is 6.88. The van der Waals surface area contributed by atoms with Gasteiger partial charge in [-0.15, -0.1) is 24.8 Å². The molecule has 1 aromatic rings. The molecule has 0 heterocycles. The van der Waals surface area contributed by atoms with E-state index in [2.05, 4.69) is 13.2 Å². The van der Waals surface area contributed by atoms with Gasteiger partial charge in [-0.2, -0.15) is 0 Å². The average molecular weight is 396 g/mol. The van der Waals surface area contributed by atoms with E-state index in [4.69, 9.17) is 25.8 Å². The number of carbonyl (C=O) groups is 1. The number of methoxy groups -OCH3 is 1. The molecular weight excluding hydrogens is 366 g/mol. The summed E-state index contributed by atoms with van der Waals surface area (Å²) in [5.41, 5.74) is 1.01. The van der Waals surface area contributed by atoms with Gasteiger partial charge >= 0.3 is 0 Å². The number of likely N-dealkylation sites (N-methyl/N-ethyl adjacent to an activating group) is 1. The highest BCUT2D eigenvalue weighted by atomic mass is 35.5. The van der Waals surface area contributed by atoms with Gasteiger partial charge in [-0.05, 0) is 24.1 Å². The lowest BCUT2D eigenvalue weighted by Gasteiger charge is -2.28. The standard InChI is InChI=1S/C21H30ClNO4/c1-6-8-18(22)20(27-19(9-7-2)21(24)23(3)4)15-26-14-16-10-12-17(25-5)13-11-16/h6-7,10-13,18-20H,1-2,8-9,14-15H2,3-5H3/t18-,19-,20-/m1/s1. The molecule has 0 aromatic heterocycles. The Bertz CT molecular complexity index is 588. The van der Waals surface area contributed by atoms with E-state index in [-0.39, 0.29) is 17.9 Å². The smallest absolute Gasteiger partial charge is 0.251 e. The molecule has 0 N–H and O–H groups in total. The number of alkyl halides is 1. The number of benzene rings is 1. The van der Waals surface area contributed by atoms with Gasteiger partial charge in [-0.25, -0.2) is 0 Å². The number of amides is 1. The normalized spacial score (nSPS) is 14.1. The second-order valence-electron chi connectivity index (χ2n) is 6.32. The topological polar surface area (TPSA) is 48.0 Å². The zero-order chi connectivity index (χ0) is 20.2. The van der Waals surface area contributed by atoms with E-state index in [1.54, 1.807) is 33.4 Å². The summed E-state index contributed by atoms with van der Waals surface area (Å²) in [4.78, 5) is 13.8. The third-order valence-corrected chi connectivity index (χ3v) is 4.40. The fourth-order valence-corrected chi connectivity index (χ4v) is 2.68. The molecule has 0 aliphatic rings. The lowest BCUT2D eigenvalue weighted by atomic mass is 10.1. The minimum atomic E-state index is -0.641. The molecule has 1 aromatic carbocycles. The van der Waals surface area contributed by atoms with E-state index in [0.29, 0.717) is 19.4 Å². The number of hydrogen-bond acceptors (Lipinski definition) is 4. The van der Waals surface area contributed by atoms with Gasteiger partial charge in [0.2, 0.25) is 0 Å². The molecule has 6 heteroatoms. The number of ether oxygens (including phenoxy) is 3. The molecule has 0 radical (unpaired) electrons. The molecule has 0 aliphatic carbocycles. The minimum absolute atomic E-state index is 0.127. The second kappa shape index (κ2) is 12.5. The van der Waals surface area contributed by atoms with E-state index in [1.807, 2.05) is 24.3 Å². The van der Waals surface area contributed by atoms with E-state index in [0.717, 1.165) is 11.3 Å². The summed E-state index contributed by atoms with van der Waals surface area (Å²) in [6, 6.07) is 7.63. The van der Waals surface area contributed by atoms with Crippen LogP contribution in [0.15, 0.2) is 49.6 Å². The predicted molar refractivity (Wildman–Crippen MR) is 109 cm³/mol. The van der Waals surface area contributed by atoms with Crippen molar-refractivity contribution in [1.29, 1.82) is 0 Å². The monoisotopic (exact) mass is 395 g/mol. The molecule has 150 valence electrons. The summed E-state index contributed by atoms with van der Waals surface area (Å²) in [5, 5.41) is -0.347. The van der Waals surface area contributed by atoms with Crippen LogP contribution < -0.4 is 4.74 Å². The minimum Gasteiger partial charge on any atom is -0.497 e. The number of hydrogen-bond donors (Lipinski definition) is 0. The maximum atomic E-state index is 12.3. The summed E-state index contributed by atoms with van der Waals surface area (Å²) in [6.45, 7) is 8.11. The van der Waals surface area contributed by atoms with Crippen LogP contribution in [0.25, 0.3) is 0 Å². The predicted octanol–water partition coefficient (Wildman–Crippen LogP) is 3.81. The van der Waals surface area contributed by atoms with Crippen molar-refractivity contribution in [3.05, 3.63) is 55.1 Å². The van der Waals surface area contributed by atoms with Crippen LogP contribution in [0.2, 0.25) is 0 Å². The van der Waals surface area contributed by atoms with Crippen molar-refractivity contribution in [3.63, 3.8) is 0 Å². The van der Waals surface area contributed by atoms with E-state index in [9.17, 15) is 4.79 Å². The molecule has 0 bridgehead atoms. The average Bonchev–Trinajstić information content (AvgIpc) is 2.66. The van der Waals surface area contributed by atoms with Gasteiger partial charge in [0.15, 0.2) is 0 Å². The first-order valence-electron chi connectivity index (χ1n) is 8.86. The Morgan fingerprint density at radius 1 is 1.19 bits per heavy atom. The van der Waals surface area contributed by atoms with Crippen LogP contribution in [0.3, 0.4) is 0 Å². The Hall–Kier alpha value is -1.82. The number of rotatable bonds is 13. The first kappa shape index (κ1) is 23.2. The van der Waals surface area contributed by atoms with Gasteiger partial charge < -0.3 is 19.1 Å². The van der Waals surface area contributed by atoms with Gasteiger partial charge in [0, 0.05) is 20.5 Å². The molecule has 27 heavy (non-hydrogen) atoms. The Morgan fingerprint density at radius 2 is 1.81 bits per heavy atom. The summed E-state index contributed by atoms with van der Waals surface area (Å²) >= 11 is 6.45. The molecule has 0 aliphatic heterocycles. The zero-order valence-corrected chi connectivity index (χ0v) is 17.2. The SMILES string of the molecule is C=CC[C@@H](Cl)[C@@H](COCc1ccc(OC)cc1)O[C@H](CC=C)C(=O)N(C)C. The summed E-state index contributed by atoms with van der Waals surface area (Å²) in [7, 11) is 5.01. The van der Waals surface area contributed by atoms with Crippen molar-refractivity contribution in [2.75, 3.05) is 27.8 Å². The van der Waals surface area contributed by atoms with Gasteiger partial charge in [0.05, 0.1) is 31.8 Å². The third-order valence-electron chi connectivity index (χ3n) is 3.94. The first-order valence-corrected chi connectivity index (χ1v) is 9.29. The van der Waals surface area contributed by atoms with Crippen LogP contribution >= 0.6 is 11.6 Å². The maximum absolute atomic E-state index is 12.3. The largest absolute Gasteiger partial charge is 0.497 e. The fourth-order valence-electron chi connectivity index (χ4n) is 2.42. The molecule has 0 spiro atoms. The highest BCUT2D eigenvalue weighted by Gasteiger charge is 2.28. The van der Waals surface area contributed by atoms with Crippen LogP contribution in [-0.4, -0.2) is 56.2 Å². The van der Waals surface area contributed by atoms with Crippen molar-refractivity contribution in [3.8, 4) is 5.75 Å². The molecule has 1 rings (SSSR count). The lowest BCUT2D eigenvalue weighted by Crippen LogP contribution is -2.41. The van der Waals surface area contributed by atoms with Crippen molar-refractivity contribution < 1.29 is 19.0 Å². The quantitative estimate of drug-likeness (QED) is 0.376. The summed E-state index contributed by atoms with van der Waals surface area (Å²) in [6.07, 6.45) is 3.26. The van der Waals surface area contributed by atoms with Crippen LogP contribution in [0, 0.1) is 0 Å². The molecular formula is C21H30ClNO4. The third kappa shape index (κ3) is 8.16. The summed E-state index contributed by atoms with van der Waals surface area (Å²) < 4.78 is 17.0. The van der Waals surface area contributed by atoms with Crippen molar-refractivity contribution in [2.45, 2.75) is 37.0 Å². The van der Waals surface area contributed by atoms with Gasteiger partial charge in [0.25, 0.3) is 5.91 Å². The molecule has 0 fully saturated rings. The maximum Gasteiger partial charge on any atom is 0.251 e. The first-order chi connectivity index (χ1) is 12.9. The van der Waals surface area contributed by atoms with Crippen molar-refractivity contribution in [2.24, 2.45) is 0 Å². The number of halogens is 1. The number of carbonyl (C=O) groups excluding carboxylic acids is 1. The highest BCUT2D eigenvalue weighted by molar-refractivity contribution is 6.21. The fraction of sp³-hybridized carbons (Fsp3) is 0.476. The molecule has 5 nitrogen and oxygen atoms in total. The number of allylic oxidation sites excluding steroid dienone is 1. The Balaban J connectivity index is 2.72. The van der Waals surface area contributed by atoms with Crippen molar-refractivity contribution in [1.82, 2.24) is 4.90 Å². The molecule has 0 saturated carbocycles. The Labute approximate surface area is 167 Å². The lowest BCUT2D eigenvalue weighted by molar-refractivity contribution is -0.147. The van der Waals surface area contributed by atoms with Gasteiger partial charge in [-0.1, -0.05) is 24.3 Å². The summed E-state index contributed by atoms with van der Waals surface area (Å²) in [5.74, 6) is 0.666. The van der Waals surface area contributed by atoms with Crippen LogP contribution in [-0.2, 0) is 20.9 Å². The van der Waals surface area contributed by atoms with Crippen LogP contribution in [0.4, 0.5) is 0 Å². The number of nitrogens with zero attached hydrogens (tertiary/aromatic N) is 1. The van der Waals surface area contributed by atoms with Gasteiger partial charge in [-0.3, -0.25) is 4.79 Å². The van der Waals surface area contributed by atoms with E-state index < -0.39 is 12.2 Å². The van der Waals surface area contributed by atoms with E-state index in [1.165, 1.54) is 4.90 Å². The van der Waals surface area contributed by atoms with E-state index >= 15 is 0 Å². The van der Waals surface area contributed by atoms with Gasteiger partial charge in [0.1, 0.15) is 11.9 Å². The van der Waals surface area contributed by atoms with Crippen LogP contribution in [0.1, 0.15) is 18.4 Å². The highest BCUT2D eigenvalue weighted by Crippen LogP contribution is 2.18. The Kier molecular flexibility index (Phi) is 10.8. The molecule has 1 amide bonds. The molecule has 0 unspecified atom stereocenters.